The maximum absolute atomic E-state index is 12.1. The van der Waals surface area contributed by atoms with Crippen LogP contribution >= 0.6 is 0 Å². The molecule has 1 N–H and O–H groups in total. The summed E-state index contributed by atoms with van der Waals surface area (Å²) in [7, 11) is 0. The summed E-state index contributed by atoms with van der Waals surface area (Å²) in [4.78, 5) is 12.1. The molecule has 0 atom stereocenters. The van der Waals surface area contributed by atoms with E-state index in [0.29, 0.717) is 18.7 Å². The fraction of sp³-hybridized carbons (Fsp3) is 0.316. The van der Waals surface area contributed by atoms with Gasteiger partial charge in [0.05, 0.1) is 6.54 Å². The third kappa shape index (κ3) is 4.62. The molecule has 3 nitrogen and oxygen atoms in total. The Labute approximate surface area is 132 Å². The first-order valence-electron chi connectivity index (χ1n) is 7.51. The molecule has 0 spiro atoms. The third-order valence-electron chi connectivity index (χ3n) is 3.34. The molecule has 0 saturated heterocycles. The molecular weight excluding hydrogens is 274 g/mol. The summed E-state index contributed by atoms with van der Waals surface area (Å²) in [6.45, 7) is 9.02. The Bertz CT molecular complexity index is 637. The van der Waals surface area contributed by atoms with Crippen LogP contribution in [0.4, 0.5) is 0 Å². The summed E-state index contributed by atoms with van der Waals surface area (Å²) in [5.41, 5.74) is 5.24. The van der Waals surface area contributed by atoms with Gasteiger partial charge in [0.15, 0.2) is 0 Å². The monoisotopic (exact) mass is 297 g/mol. The topological polar surface area (TPSA) is 38.3 Å². The summed E-state index contributed by atoms with van der Waals surface area (Å²) in [5, 5.41) is 2.89. The number of amides is 1. The van der Waals surface area contributed by atoms with Crippen molar-refractivity contribution in [3.8, 4) is 5.75 Å². The summed E-state index contributed by atoms with van der Waals surface area (Å²) in [6, 6.07) is 12.0. The molecule has 0 saturated carbocycles. The van der Waals surface area contributed by atoms with Crippen LogP contribution in [-0.2, 0) is 0 Å². The SMILES string of the molecule is Cc1cc(C)cc(OCCNC(=O)c2cc(C)cc(C)c2)c1. The van der Waals surface area contributed by atoms with Crippen molar-refractivity contribution in [3.63, 3.8) is 0 Å². The zero-order valence-electron chi connectivity index (χ0n) is 13.7. The van der Waals surface area contributed by atoms with Gasteiger partial charge < -0.3 is 10.1 Å². The lowest BCUT2D eigenvalue weighted by Crippen LogP contribution is -2.28. The predicted molar refractivity (Wildman–Crippen MR) is 89.7 cm³/mol. The Morgan fingerprint density at radius 2 is 1.36 bits per heavy atom. The van der Waals surface area contributed by atoms with Gasteiger partial charge in [-0.2, -0.15) is 0 Å². The van der Waals surface area contributed by atoms with Crippen LogP contribution in [-0.4, -0.2) is 19.1 Å². The second-order valence-corrected chi connectivity index (χ2v) is 5.80. The van der Waals surface area contributed by atoms with Gasteiger partial charge in [-0.25, -0.2) is 0 Å². The zero-order chi connectivity index (χ0) is 16.1. The Kier molecular flexibility index (Phi) is 5.21. The normalized spacial score (nSPS) is 10.4. The molecule has 0 heterocycles. The maximum Gasteiger partial charge on any atom is 0.251 e. The van der Waals surface area contributed by atoms with Gasteiger partial charge in [0.25, 0.3) is 5.91 Å². The van der Waals surface area contributed by atoms with Crippen LogP contribution in [0, 0.1) is 27.7 Å². The molecule has 0 bridgehead atoms. The summed E-state index contributed by atoms with van der Waals surface area (Å²) in [5.74, 6) is 0.786. The van der Waals surface area contributed by atoms with Crippen molar-refractivity contribution < 1.29 is 9.53 Å². The molecule has 22 heavy (non-hydrogen) atoms. The molecule has 2 aromatic carbocycles. The Morgan fingerprint density at radius 1 is 0.864 bits per heavy atom. The van der Waals surface area contributed by atoms with E-state index in [1.807, 2.05) is 52.0 Å². The van der Waals surface area contributed by atoms with Crippen LogP contribution in [0.5, 0.6) is 5.75 Å². The van der Waals surface area contributed by atoms with Gasteiger partial charge in [0, 0.05) is 5.56 Å². The lowest BCUT2D eigenvalue weighted by atomic mass is 10.1. The number of benzene rings is 2. The molecule has 0 radical (unpaired) electrons. The predicted octanol–water partition coefficient (Wildman–Crippen LogP) is 3.73. The first-order chi connectivity index (χ1) is 10.4. The van der Waals surface area contributed by atoms with Crippen LogP contribution in [0.15, 0.2) is 36.4 Å². The number of ether oxygens (including phenoxy) is 1. The van der Waals surface area contributed by atoms with Crippen molar-refractivity contribution in [2.75, 3.05) is 13.2 Å². The quantitative estimate of drug-likeness (QED) is 0.854. The number of carbonyl (C=O) groups is 1. The van der Waals surface area contributed by atoms with Gasteiger partial charge >= 0.3 is 0 Å². The van der Waals surface area contributed by atoms with E-state index in [9.17, 15) is 4.79 Å². The lowest BCUT2D eigenvalue weighted by molar-refractivity contribution is 0.0947. The van der Waals surface area contributed by atoms with Crippen LogP contribution in [0.1, 0.15) is 32.6 Å². The highest BCUT2D eigenvalue weighted by atomic mass is 16.5. The van der Waals surface area contributed by atoms with Crippen LogP contribution in [0.25, 0.3) is 0 Å². The minimum absolute atomic E-state index is 0.0594. The van der Waals surface area contributed by atoms with Crippen molar-refractivity contribution in [1.82, 2.24) is 5.32 Å². The smallest absolute Gasteiger partial charge is 0.251 e. The van der Waals surface area contributed by atoms with Crippen LogP contribution in [0.3, 0.4) is 0 Å². The van der Waals surface area contributed by atoms with E-state index in [0.717, 1.165) is 16.9 Å². The Balaban J connectivity index is 1.84. The third-order valence-corrected chi connectivity index (χ3v) is 3.34. The molecule has 0 fully saturated rings. The number of carbonyl (C=O) groups excluding carboxylic acids is 1. The van der Waals surface area contributed by atoms with E-state index < -0.39 is 0 Å². The minimum Gasteiger partial charge on any atom is -0.492 e. The van der Waals surface area contributed by atoms with Gasteiger partial charge in [0.2, 0.25) is 0 Å². The summed E-state index contributed by atoms with van der Waals surface area (Å²) < 4.78 is 5.69. The summed E-state index contributed by atoms with van der Waals surface area (Å²) >= 11 is 0. The standard InChI is InChI=1S/C19H23NO2/c1-13-7-14(2)10-17(9-13)19(21)20-5-6-22-18-11-15(3)8-16(4)12-18/h7-12H,5-6H2,1-4H3,(H,20,21). The van der Waals surface area contributed by atoms with E-state index in [-0.39, 0.29) is 5.91 Å². The fourth-order valence-electron chi connectivity index (χ4n) is 2.56. The number of rotatable bonds is 5. The van der Waals surface area contributed by atoms with Crippen molar-refractivity contribution in [1.29, 1.82) is 0 Å². The zero-order valence-corrected chi connectivity index (χ0v) is 13.7. The molecule has 0 unspecified atom stereocenters. The summed E-state index contributed by atoms with van der Waals surface area (Å²) in [6.07, 6.45) is 0. The highest BCUT2D eigenvalue weighted by Gasteiger charge is 2.06. The second kappa shape index (κ2) is 7.12. The Morgan fingerprint density at radius 3 is 1.91 bits per heavy atom. The molecule has 0 aliphatic rings. The molecule has 2 aromatic rings. The van der Waals surface area contributed by atoms with Crippen LogP contribution < -0.4 is 10.1 Å². The largest absolute Gasteiger partial charge is 0.492 e. The number of aryl methyl sites for hydroxylation is 4. The molecule has 0 aliphatic heterocycles. The van der Waals surface area contributed by atoms with Crippen molar-refractivity contribution in [2.24, 2.45) is 0 Å². The van der Waals surface area contributed by atoms with Crippen molar-refractivity contribution in [2.45, 2.75) is 27.7 Å². The van der Waals surface area contributed by atoms with Crippen molar-refractivity contribution >= 4 is 5.91 Å². The number of hydrogen-bond donors (Lipinski definition) is 1. The molecule has 0 aliphatic carbocycles. The fourth-order valence-corrected chi connectivity index (χ4v) is 2.56. The highest BCUT2D eigenvalue weighted by molar-refractivity contribution is 5.94. The van der Waals surface area contributed by atoms with E-state index in [4.69, 9.17) is 4.74 Å². The minimum atomic E-state index is -0.0594. The average molecular weight is 297 g/mol. The molecular formula is C19H23NO2. The van der Waals surface area contributed by atoms with Gasteiger partial charge in [-0.1, -0.05) is 23.3 Å². The van der Waals surface area contributed by atoms with Gasteiger partial charge in [-0.3, -0.25) is 4.79 Å². The van der Waals surface area contributed by atoms with E-state index >= 15 is 0 Å². The average Bonchev–Trinajstić information content (AvgIpc) is 2.41. The maximum atomic E-state index is 12.1. The van der Waals surface area contributed by atoms with Gasteiger partial charge in [-0.05, 0) is 63.1 Å². The van der Waals surface area contributed by atoms with Gasteiger partial charge in [0.1, 0.15) is 12.4 Å². The number of hydrogen-bond acceptors (Lipinski definition) is 2. The second-order valence-electron chi connectivity index (χ2n) is 5.80. The molecule has 2 rings (SSSR count). The molecule has 3 heteroatoms. The van der Waals surface area contributed by atoms with E-state index in [1.54, 1.807) is 0 Å². The van der Waals surface area contributed by atoms with Gasteiger partial charge in [-0.15, -0.1) is 0 Å². The Hall–Kier alpha value is -2.29. The van der Waals surface area contributed by atoms with E-state index in [1.165, 1.54) is 11.1 Å². The lowest BCUT2D eigenvalue weighted by Gasteiger charge is -2.10. The first kappa shape index (κ1) is 16.1. The molecule has 1 amide bonds. The first-order valence-corrected chi connectivity index (χ1v) is 7.51. The van der Waals surface area contributed by atoms with Crippen molar-refractivity contribution in [3.05, 3.63) is 64.2 Å². The molecule has 116 valence electrons. The number of nitrogens with one attached hydrogen (secondary N) is 1. The van der Waals surface area contributed by atoms with E-state index in [2.05, 4.69) is 17.4 Å². The molecule has 0 aromatic heterocycles. The van der Waals surface area contributed by atoms with Crippen LogP contribution in [0.2, 0.25) is 0 Å². The highest BCUT2D eigenvalue weighted by Crippen LogP contribution is 2.15.